The number of aliphatic carboxylic acids is 1. The summed E-state index contributed by atoms with van der Waals surface area (Å²) in [4.78, 5) is 102. The number of Topliss-reactive ketones (excluding diaryl/α,β-unsaturated/α-hetero) is 1. The highest BCUT2D eigenvalue weighted by Crippen LogP contribution is 2.47. The second-order valence-electron chi connectivity index (χ2n) is 26.9. The zero-order valence-corrected chi connectivity index (χ0v) is 62.3. The van der Waals surface area contributed by atoms with Gasteiger partial charge in [0.15, 0.2) is 18.4 Å². The number of para-hydroxylation sites is 4. The molecule has 16 nitrogen and oxygen atoms in total. The fourth-order valence-corrected chi connectivity index (χ4v) is 13.9. The third-order valence-electron chi connectivity index (χ3n) is 17.9. The fraction of sp³-hybridized carbons (Fsp3) is 0.395. The number of hydrogen-bond acceptors (Lipinski definition) is 13. The average Bonchev–Trinajstić information content (AvgIpc) is 1.68. The summed E-state index contributed by atoms with van der Waals surface area (Å²) < 4.78 is 5.39. The Morgan fingerprint density at radius 1 is 0.500 bits per heavy atom. The molecule has 6 aromatic carbocycles. The molecule has 0 spiro atoms. The van der Waals surface area contributed by atoms with Gasteiger partial charge in [0.05, 0.1) is 43.9 Å². The van der Waals surface area contributed by atoms with Crippen LogP contribution in [-0.2, 0) is 65.9 Å². The lowest BCUT2D eigenvalue weighted by Crippen LogP contribution is -2.53. The molecular formula is C76H80Cl8N6O10. The van der Waals surface area contributed by atoms with Crippen molar-refractivity contribution < 1.29 is 48.2 Å². The standard InChI is InChI=1S/C29H35Cl2N3O3.C25H27Cl2N3O3.C11H10Cl2O2.C11H8Cl2O2/c1-28(2,3)37-26(35)11-8-19-16-23(31)20(17-22(19)30)18-32-29(12-13-29)27(36)34-15-14-33(21-9-10-21)24-6-4-5-7-25(24)34;26-19-14-17(20(27)13-16(19)5-8-23(31)32)15-28-25(9-10-25)24(33)30-12-11-29(18-6-7-18)21-3-1-2-4-22(21)30;2*1-7(15)2-3-8-4-11(13)9(6-14)5-10(8)12/h4-7,16-17,21,32H,8-15,18H2,1-3H3;1-4,13-14,18,28H,5-12,15H2,(H,31,32);4-6H,2-3H2,1H3;2-6H,1H3/b;;;3-2+. The topological polar surface area (TPSA) is 203 Å². The van der Waals surface area contributed by atoms with Crippen molar-refractivity contribution in [2.45, 2.75) is 166 Å². The number of esters is 1. The van der Waals surface area contributed by atoms with Crippen LogP contribution in [0.2, 0.25) is 40.2 Å². The first-order valence-corrected chi connectivity index (χ1v) is 36.3. The van der Waals surface area contributed by atoms with Crippen LogP contribution in [0.25, 0.3) is 6.08 Å². The Kier molecular flexibility index (Phi) is 26.5. The molecule has 4 saturated carbocycles. The van der Waals surface area contributed by atoms with E-state index in [1.807, 2.05) is 67.0 Å². The van der Waals surface area contributed by atoms with E-state index in [4.69, 9.17) is 103 Å². The van der Waals surface area contributed by atoms with Crippen molar-refractivity contribution in [2.24, 2.45) is 0 Å². The summed E-state index contributed by atoms with van der Waals surface area (Å²) in [5.41, 5.74) is 7.94. The second kappa shape index (κ2) is 34.2. The van der Waals surface area contributed by atoms with E-state index in [0.717, 1.165) is 89.3 Å². The smallest absolute Gasteiger partial charge is 0.306 e. The number of nitrogens with zero attached hydrogens (tertiary/aromatic N) is 4. The van der Waals surface area contributed by atoms with Gasteiger partial charge in [0.25, 0.3) is 0 Å². The van der Waals surface area contributed by atoms with Crippen LogP contribution in [0, 0.1) is 0 Å². The molecule has 0 aromatic heterocycles. The third-order valence-corrected chi connectivity index (χ3v) is 20.7. The van der Waals surface area contributed by atoms with Crippen molar-refractivity contribution in [3.05, 3.63) is 188 Å². The number of hydrogen-bond donors (Lipinski definition) is 3. The maximum Gasteiger partial charge on any atom is 0.306 e. The fourth-order valence-electron chi connectivity index (χ4n) is 11.9. The normalized spacial score (nSPS) is 16.1. The zero-order valence-electron chi connectivity index (χ0n) is 56.3. The number of carbonyl (C=O) groups excluding carboxylic acids is 7. The Bertz CT molecular complexity index is 4130. The van der Waals surface area contributed by atoms with E-state index in [9.17, 15) is 38.4 Å². The molecule has 12 rings (SSSR count). The first-order valence-electron chi connectivity index (χ1n) is 33.3. The number of allylic oxidation sites excluding steroid dienone is 1. The third kappa shape index (κ3) is 20.6. The predicted molar refractivity (Wildman–Crippen MR) is 401 cm³/mol. The molecule has 0 saturated heterocycles. The Hall–Kier alpha value is -6.54. The molecule has 3 N–H and O–H groups in total. The number of anilines is 4. The van der Waals surface area contributed by atoms with Crippen LogP contribution in [0.15, 0.2) is 103 Å². The molecule has 2 aliphatic heterocycles. The number of carboxylic acids is 1. The van der Waals surface area contributed by atoms with Crippen molar-refractivity contribution >= 4 is 170 Å². The summed E-state index contributed by atoms with van der Waals surface area (Å²) in [6.45, 7) is 12.5. The van der Waals surface area contributed by atoms with E-state index >= 15 is 0 Å². The molecule has 100 heavy (non-hydrogen) atoms. The van der Waals surface area contributed by atoms with Gasteiger partial charge in [-0.15, -0.1) is 0 Å². The molecule has 2 amide bonds. The van der Waals surface area contributed by atoms with Gasteiger partial charge in [0.2, 0.25) is 11.8 Å². The summed E-state index contributed by atoms with van der Waals surface area (Å²) in [6, 6.07) is 31.0. The molecule has 4 fully saturated rings. The number of carboxylic acid groups (broad SMARTS) is 1. The number of fused-ring (bicyclic) bond motifs is 2. The molecular weight excluding hydrogens is 1440 g/mol. The first kappa shape index (κ1) is 77.6. The number of ether oxygens (including phenoxy) is 1. The van der Waals surface area contributed by atoms with E-state index < -0.39 is 22.6 Å². The minimum Gasteiger partial charge on any atom is -0.481 e. The van der Waals surface area contributed by atoms with Crippen LogP contribution < -0.4 is 30.2 Å². The average molecular weight is 1520 g/mol. The Labute approximate surface area is 623 Å². The Morgan fingerprint density at radius 3 is 1.26 bits per heavy atom. The van der Waals surface area contributed by atoms with Crippen LogP contribution in [-0.4, -0.2) is 108 Å². The molecule has 24 heteroatoms. The van der Waals surface area contributed by atoms with Crippen LogP contribution in [0.5, 0.6) is 0 Å². The van der Waals surface area contributed by atoms with Gasteiger partial charge < -0.3 is 34.2 Å². The predicted octanol–water partition coefficient (Wildman–Crippen LogP) is 17.3. The monoisotopic (exact) mass is 1520 g/mol. The lowest BCUT2D eigenvalue weighted by molar-refractivity contribution is -0.154. The lowest BCUT2D eigenvalue weighted by Gasteiger charge is -2.39. The number of ketones is 2. The van der Waals surface area contributed by atoms with E-state index in [1.165, 1.54) is 57.7 Å². The van der Waals surface area contributed by atoms with Crippen LogP contribution in [0.1, 0.15) is 159 Å². The number of halogens is 8. The van der Waals surface area contributed by atoms with Crippen LogP contribution >= 0.6 is 92.8 Å². The minimum atomic E-state index is -0.873. The molecule has 2 heterocycles. The first-order chi connectivity index (χ1) is 47.5. The summed E-state index contributed by atoms with van der Waals surface area (Å²) in [6.07, 6.45) is 14.3. The van der Waals surface area contributed by atoms with Crippen molar-refractivity contribution in [1.29, 1.82) is 0 Å². The Morgan fingerprint density at radius 2 is 0.860 bits per heavy atom. The largest absolute Gasteiger partial charge is 0.481 e. The number of amides is 2. The van der Waals surface area contributed by atoms with E-state index in [-0.39, 0.29) is 42.2 Å². The van der Waals surface area contributed by atoms with Gasteiger partial charge in [-0.25, -0.2) is 0 Å². The SMILES string of the molecule is CC(=O)/C=C/c1cc(Cl)c(C=O)cc1Cl.CC(=O)CCc1cc(Cl)c(C=O)cc1Cl.CC(C)(C)OC(=O)CCc1cc(Cl)c(CNC2(C(=O)N3CCN(C4CC4)c4ccccc43)CC2)cc1Cl.O=C(O)CCc1cc(Cl)c(CNC2(C(=O)N3CCN(C4CC4)c4ccccc43)CC2)cc1Cl. The molecule has 0 radical (unpaired) electrons. The quantitative estimate of drug-likeness (QED) is 0.0310. The highest BCUT2D eigenvalue weighted by Gasteiger charge is 2.54. The van der Waals surface area contributed by atoms with Crippen LogP contribution in [0.3, 0.4) is 0 Å². The van der Waals surface area contributed by atoms with Gasteiger partial charge >= 0.3 is 11.9 Å². The summed E-state index contributed by atoms with van der Waals surface area (Å²) in [5.74, 6) is -0.874. The van der Waals surface area contributed by atoms with Crippen molar-refractivity contribution in [1.82, 2.24) is 10.6 Å². The number of carbonyl (C=O) groups is 8. The lowest BCUT2D eigenvalue weighted by atomic mass is 10.1. The second-order valence-corrected chi connectivity index (χ2v) is 30.2. The number of rotatable bonds is 23. The van der Waals surface area contributed by atoms with Gasteiger partial charge in [0, 0.05) is 112 Å². The highest BCUT2D eigenvalue weighted by atomic mass is 35.5. The molecule has 0 bridgehead atoms. The molecule has 4 aliphatic carbocycles. The molecule has 0 atom stereocenters. The van der Waals surface area contributed by atoms with E-state index in [2.05, 4.69) is 44.7 Å². The van der Waals surface area contributed by atoms with Crippen molar-refractivity contribution in [3.8, 4) is 0 Å². The molecule has 6 aromatic rings. The van der Waals surface area contributed by atoms with E-state index in [1.54, 1.807) is 30.3 Å². The number of aryl methyl sites for hydroxylation is 3. The molecule has 0 unspecified atom stereocenters. The van der Waals surface area contributed by atoms with Crippen molar-refractivity contribution in [2.75, 3.05) is 45.8 Å². The number of nitrogens with one attached hydrogen (secondary N) is 2. The number of aldehydes is 2. The summed E-state index contributed by atoms with van der Waals surface area (Å²) >= 11 is 49.5. The zero-order chi connectivity index (χ0) is 72.4. The summed E-state index contributed by atoms with van der Waals surface area (Å²) in [7, 11) is 0. The van der Waals surface area contributed by atoms with Crippen molar-refractivity contribution in [3.63, 3.8) is 0 Å². The Balaban J connectivity index is 0.000000168. The van der Waals surface area contributed by atoms with Gasteiger partial charge in [-0.2, -0.15) is 0 Å². The molecule has 530 valence electrons. The van der Waals surface area contributed by atoms with Gasteiger partial charge in [-0.3, -0.25) is 44.2 Å². The van der Waals surface area contributed by atoms with Gasteiger partial charge in [0.1, 0.15) is 11.4 Å². The maximum absolute atomic E-state index is 13.8. The summed E-state index contributed by atoms with van der Waals surface area (Å²) in [5, 5.41) is 19.6. The van der Waals surface area contributed by atoms with E-state index in [0.29, 0.717) is 133 Å². The van der Waals surface area contributed by atoms with Crippen LogP contribution in [0.4, 0.5) is 22.7 Å². The number of benzene rings is 6. The minimum absolute atomic E-state index is 0.000737. The highest BCUT2D eigenvalue weighted by molar-refractivity contribution is 6.37. The van der Waals surface area contributed by atoms with Gasteiger partial charge in [-0.1, -0.05) is 117 Å². The molecule has 6 aliphatic rings. The maximum atomic E-state index is 13.8. The van der Waals surface area contributed by atoms with Gasteiger partial charge in [-0.05, 0) is 224 Å².